The fraction of sp³-hybridized carbons (Fsp3) is 0.833. The van der Waals surface area contributed by atoms with E-state index in [1.54, 1.807) is 15.8 Å². The molecule has 0 aromatic carbocycles. The molecule has 0 aliphatic heterocycles. The number of hydrogen-bond donors (Lipinski definition) is 0. The van der Waals surface area contributed by atoms with Crippen LogP contribution in [0.25, 0.3) is 0 Å². The second-order valence-electron chi connectivity index (χ2n) is 8.47. The molecule has 0 nitrogen and oxygen atoms in total. The molecule has 0 heterocycles. The van der Waals surface area contributed by atoms with Gasteiger partial charge in [0.25, 0.3) is 14.1 Å². The summed E-state index contributed by atoms with van der Waals surface area (Å²) in [4.78, 5) is 0. The highest BCUT2D eigenvalue weighted by Gasteiger charge is 2.17. The number of rotatable bonds is 20. The van der Waals surface area contributed by atoms with Crippen molar-refractivity contribution in [3.05, 3.63) is 25.3 Å². The van der Waals surface area contributed by atoms with E-state index in [4.69, 9.17) is 0 Å². The predicted octanol–water partition coefficient (Wildman–Crippen LogP) is 8.97. The largest absolute Gasteiger partial charge is 0.262 e. The zero-order valence-electron chi connectivity index (χ0n) is 17.7. The van der Waals surface area contributed by atoms with Crippen molar-refractivity contribution in [2.24, 2.45) is 5.92 Å². The molecule has 0 bridgehead atoms. The van der Waals surface area contributed by atoms with Gasteiger partial charge in [0.1, 0.15) is 0 Å². The quantitative estimate of drug-likeness (QED) is 0.115. The van der Waals surface area contributed by atoms with Crippen LogP contribution in [0.2, 0.25) is 15.8 Å². The van der Waals surface area contributed by atoms with Gasteiger partial charge in [-0.25, -0.2) is 0 Å². The molecule has 25 heavy (non-hydrogen) atoms. The standard InChI is InChI=1S/2C10H19.C4H9.Al/c2*1-3-5-7-9-10-8-6-4-2;1-4(2)3;/h2*3H,1-2,4-10H2;4H,1H2,2-3H3;. The Morgan fingerprint density at radius 3 is 1.32 bits per heavy atom. The van der Waals surface area contributed by atoms with Crippen LogP contribution >= 0.6 is 0 Å². The maximum atomic E-state index is 3.80. The SMILES string of the molecule is C=CCCCCCCC[CH2][Al]([CH2]CCCCCCCC=C)[CH2]C(C)C. The summed E-state index contributed by atoms with van der Waals surface area (Å²) in [6.45, 7) is 12.5. The summed E-state index contributed by atoms with van der Waals surface area (Å²) in [6.07, 6.45) is 23.9. The maximum Gasteiger partial charge on any atom is 0.262 e. The first-order valence-electron chi connectivity index (χ1n) is 11.4. The first kappa shape index (κ1) is 25.0. The lowest BCUT2D eigenvalue weighted by atomic mass is 10.1. The summed E-state index contributed by atoms with van der Waals surface area (Å²) in [7, 11) is 0. The molecule has 0 aliphatic rings. The summed E-state index contributed by atoms with van der Waals surface area (Å²) in [6, 6.07) is 0. The minimum atomic E-state index is -0.458. The van der Waals surface area contributed by atoms with E-state index in [2.05, 4.69) is 39.2 Å². The normalized spacial score (nSPS) is 11.0. The summed E-state index contributed by atoms with van der Waals surface area (Å²) in [5.41, 5.74) is 0. The van der Waals surface area contributed by atoms with E-state index in [1.807, 2.05) is 0 Å². The highest BCUT2D eigenvalue weighted by atomic mass is 27.2. The maximum absolute atomic E-state index is 3.80. The van der Waals surface area contributed by atoms with Crippen molar-refractivity contribution in [3.63, 3.8) is 0 Å². The molecule has 0 atom stereocenters. The summed E-state index contributed by atoms with van der Waals surface area (Å²) < 4.78 is 0. The van der Waals surface area contributed by atoms with Crippen molar-refractivity contribution in [1.29, 1.82) is 0 Å². The van der Waals surface area contributed by atoms with E-state index in [-0.39, 0.29) is 0 Å². The first-order chi connectivity index (χ1) is 12.2. The molecule has 0 N–H and O–H groups in total. The van der Waals surface area contributed by atoms with Crippen molar-refractivity contribution < 1.29 is 0 Å². The molecular formula is C24H47Al. The van der Waals surface area contributed by atoms with E-state index >= 15 is 0 Å². The van der Waals surface area contributed by atoms with Crippen LogP contribution in [0.1, 0.15) is 104 Å². The Kier molecular flexibility index (Phi) is 20.3. The molecule has 1 heteroatoms. The minimum absolute atomic E-state index is 0.458. The van der Waals surface area contributed by atoms with Crippen LogP contribution in [0.4, 0.5) is 0 Å². The second kappa shape index (κ2) is 20.3. The lowest BCUT2D eigenvalue weighted by Gasteiger charge is -2.14. The van der Waals surface area contributed by atoms with Crippen LogP contribution in [0.5, 0.6) is 0 Å². The highest BCUT2D eigenvalue weighted by Crippen LogP contribution is 2.20. The lowest BCUT2D eigenvalue weighted by molar-refractivity contribution is 0.602. The van der Waals surface area contributed by atoms with Crippen molar-refractivity contribution in [2.75, 3.05) is 0 Å². The number of allylic oxidation sites excluding steroid dienone is 2. The molecule has 146 valence electrons. The van der Waals surface area contributed by atoms with Crippen LogP contribution in [-0.4, -0.2) is 14.1 Å². The van der Waals surface area contributed by atoms with Crippen LogP contribution < -0.4 is 0 Å². The van der Waals surface area contributed by atoms with Gasteiger partial charge in [-0.3, -0.25) is 0 Å². The van der Waals surface area contributed by atoms with Gasteiger partial charge in [-0.05, 0) is 25.7 Å². The molecular weight excluding hydrogens is 315 g/mol. The van der Waals surface area contributed by atoms with Crippen LogP contribution in [0.3, 0.4) is 0 Å². The average Bonchev–Trinajstić information content (AvgIpc) is 2.58. The predicted molar refractivity (Wildman–Crippen MR) is 120 cm³/mol. The van der Waals surface area contributed by atoms with Gasteiger partial charge >= 0.3 is 0 Å². The van der Waals surface area contributed by atoms with Gasteiger partial charge in [0.2, 0.25) is 0 Å². The van der Waals surface area contributed by atoms with Gasteiger partial charge in [-0.1, -0.05) is 112 Å². The number of unbranched alkanes of at least 4 members (excludes halogenated alkanes) is 12. The summed E-state index contributed by atoms with van der Waals surface area (Å²) in [5.74, 6) is 0.925. The van der Waals surface area contributed by atoms with Gasteiger partial charge in [0.05, 0.1) is 0 Å². The number of hydrogen-bond acceptors (Lipinski definition) is 0. The van der Waals surface area contributed by atoms with Gasteiger partial charge in [-0.15, -0.1) is 13.2 Å². The third-order valence-electron chi connectivity index (χ3n) is 5.35. The van der Waals surface area contributed by atoms with E-state index in [1.165, 1.54) is 89.9 Å². The smallest absolute Gasteiger partial charge is 0.103 e. The van der Waals surface area contributed by atoms with Crippen molar-refractivity contribution in [2.45, 2.75) is 120 Å². The van der Waals surface area contributed by atoms with Gasteiger partial charge in [0.15, 0.2) is 0 Å². The Hall–Kier alpha value is 0.0125. The molecule has 0 aliphatic carbocycles. The van der Waals surface area contributed by atoms with Gasteiger partial charge in [-0.2, -0.15) is 0 Å². The fourth-order valence-electron chi connectivity index (χ4n) is 3.90. The third-order valence-corrected chi connectivity index (χ3v) is 9.40. The van der Waals surface area contributed by atoms with E-state index in [0.29, 0.717) is 0 Å². The fourth-order valence-corrected chi connectivity index (χ4v) is 7.73. The van der Waals surface area contributed by atoms with Gasteiger partial charge in [0, 0.05) is 0 Å². The zero-order chi connectivity index (χ0) is 18.6. The van der Waals surface area contributed by atoms with Gasteiger partial charge < -0.3 is 0 Å². The average molecular weight is 363 g/mol. The Morgan fingerprint density at radius 1 is 0.600 bits per heavy atom. The molecule has 0 saturated carbocycles. The first-order valence-corrected chi connectivity index (χ1v) is 13.9. The summed E-state index contributed by atoms with van der Waals surface area (Å²) >= 11 is -0.458. The molecule has 0 aromatic rings. The Labute approximate surface area is 165 Å². The van der Waals surface area contributed by atoms with Crippen LogP contribution in [0.15, 0.2) is 25.3 Å². The molecule has 0 rings (SSSR count). The minimum Gasteiger partial charge on any atom is -0.103 e. The van der Waals surface area contributed by atoms with E-state index < -0.39 is 14.1 Å². The Bertz CT molecular complexity index is 258. The molecule has 0 fully saturated rings. The second-order valence-corrected chi connectivity index (χ2v) is 11.8. The molecule has 0 aromatic heterocycles. The lowest BCUT2D eigenvalue weighted by Crippen LogP contribution is -2.14. The highest BCUT2D eigenvalue weighted by molar-refractivity contribution is 6.58. The van der Waals surface area contributed by atoms with Crippen LogP contribution in [0, 0.1) is 5.92 Å². The molecule has 0 radical (unpaired) electrons. The van der Waals surface area contributed by atoms with Crippen molar-refractivity contribution >= 4 is 14.1 Å². The molecule has 0 spiro atoms. The van der Waals surface area contributed by atoms with Crippen molar-refractivity contribution in [1.82, 2.24) is 0 Å². The molecule has 0 unspecified atom stereocenters. The molecule has 0 saturated heterocycles. The molecule has 0 amide bonds. The summed E-state index contributed by atoms with van der Waals surface area (Å²) in [5, 5.41) is 4.81. The van der Waals surface area contributed by atoms with Crippen LogP contribution in [-0.2, 0) is 0 Å². The van der Waals surface area contributed by atoms with E-state index in [9.17, 15) is 0 Å². The zero-order valence-corrected chi connectivity index (χ0v) is 18.9. The third kappa shape index (κ3) is 20.2. The topological polar surface area (TPSA) is 0 Å². The Morgan fingerprint density at radius 2 is 0.960 bits per heavy atom. The van der Waals surface area contributed by atoms with Crippen molar-refractivity contribution in [3.8, 4) is 0 Å². The monoisotopic (exact) mass is 362 g/mol. The Balaban J connectivity index is 3.61. The van der Waals surface area contributed by atoms with E-state index in [0.717, 1.165) is 5.92 Å².